The molecule has 0 unspecified atom stereocenters. The average molecular weight is 217 g/mol. The predicted octanol–water partition coefficient (Wildman–Crippen LogP) is 1.04. The maximum absolute atomic E-state index is 11.5. The lowest BCUT2D eigenvalue weighted by Crippen LogP contribution is -2.26. The van der Waals surface area contributed by atoms with Gasteiger partial charge in [-0.05, 0) is 5.56 Å². The molecule has 4 nitrogen and oxygen atoms in total. The molecule has 82 valence electrons. The molecule has 1 aliphatic heterocycles. The number of carboxylic acid groups (broad SMARTS) is 1. The number of benzene rings is 1. The number of nitrogens with zero attached hydrogens (tertiary/aromatic N) is 1. The molecule has 1 aromatic rings. The van der Waals surface area contributed by atoms with E-state index in [-0.39, 0.29) is 18.0 Å². The minimum absolute atomic E-state index is 0.154. The summed E-state index contributed by atoms with van der Waals surface area (Å²) in [6.45, 7) is 0.635. The van der Waals surface area contributed by atoms with Gasteiger partial charge in [0.2, 0.25) is 5.91 Å². The number of carboxylic acids is 1. The fourth-order valence-corrected chi connectivity index (χ4v) is 1.64. The molecule has 2 rings (SSSR count). The lowest BCUT2D eigenvalue weighted by molar-refractivity contribution is -0.132. The Bertz CT molecular complexity index is 451. The number of hydrogen-bond donors (Lipinski definition) is 1. The maximum atomic E-state index is 11.5. The molecule has 16 heavy (non-hydrogen) atoms. The Morgan fingerprint density at radius 1 is 1.31 bits per heavy atom. The van der Waals surface area contributed by atoms with Gasteiger partial charge < -0.3 is 10.0 Å². The van der Waals surface area contributed by atoms with E-state index in [1.807, 2.05) is 30.3 Å². The lowest BCUT2D eigenvalue weighted by atomic mass is 10.2. The molecule has 0 atom stereocenters. The van der Waals surface area contributed by atoms with Crippen molar-refractivity contribution in [3.05, 3.63) is 47.5 Å². The Kier molecular flexibility index (Phi) is 2.72. The molecule has 0 aliphatic carbocycles. The summed E-state index contributed by atoms with van der Waals surface area (Å²) in [6, 6.07) is 9.50. The van der Waals surface area contributed by atoms with Crippen LogP contribution in [-0.4, -0.2) is 28.4 Å². The molecule has 0 aromatic heterocycles. The van der Waals surface area contributed by atoms with Crippen molar-refractivity contribution in [3.63, 3.8) is 0 Å². The predicted molar refractivity (Wildman–Crippen MR) is 57.6 cm³/mol. The van der Waals surface area contributed by atoms with E-state index >= 15 is 0 Å². The minimum Gasteiger partial charge on any atom is -0.478 e. The van der Waals surface area contributed by atoms with E-state index in [9.17, 15) is 9.59 Å². The van der Waals surface area contributed by atoms with Crippen molar-refractivity contribution in [2.45, 2.75) is 6.54 Å². The van der Waals surface area contributed by atoms with Crippen LogP contribution in [0.3, 0.4) is 0 Å². The molecule has 0 fully saturated rings. The maximum Gasteiger partial charge on any atom is 0.333 e. The monoisotopic (exact) mass is 217 g/mol. The molecule has 0 radical (unpaired) electrons. The number of carbonyl (C=O) groups excluding carboxylic acids is 1. The van der Waals surface area contributed by atoms with Crippen LogP contribution >= 0.6 is 0 Å². The van der Waals surface area contributed by atoms with Crippen molar-refractivity contribution >= 4 is 11.9 Å². The zero-order valence-corrected chi connectivity index (χ0v) is 8.59. The van der Waals surface area contributed by atoms with E-state index in [1.165, 1.54) is 11.0 Å². The summed E-state index contributed by atoms with van der Waals surface area (Å²) in [4.78, 5) is 23.7. The Balaban J connectivity index is 2.05. The number of amides is 1. The molecule has 1 N–H and O–H groups in total. The van der Waals surface area contributed by atoms with Crippen molar-refractivity contribution in [2.75, 3.05) is 6.54 Å². The van der Waals surface area contributed by atoms with E-state index in [0.717, 1.165) is 5.56 Å². The molecule has 1 aliphatic rings. The van der Waals surface area contributed by atoms with E-state index in [4.69, 9.17) is 5.11 Å². The van der Waals surface area contributed by atoms with Crippen LogP contribution in [0.4, 0.5) is 0 Å². The Labute approximate surface area is 92.8 Å². The van der Waals surface area contributed by atoms with Gasteiger partial charge in [0.25, 0.3) is 0 Å². The van der Waals surface area contributed by atoms with Gasteiger partial charge in [-0.3, -0.25) is 4.79 Å². The molecular weight excluding hydrogens is 206 g/mol. The Morgan fingerprint density at radius 3 is 2.56 bits per heavy atom. The molecule has 1 amide bonds. The van der Waals surface area contributed by atoms with E-state index < -0.39 is 5.97 Å². The highest BCUT2D eigenvalue weighted by Crippen LogP contribution is 2.14. The summed E-state index contributed by atoms with van der Waals surface area (Å²) in [5.74, 6) is -1.26. The summed E-state index contributed by atoms with van der Waals surface area (Å²) in [7, 11) is 0. The lowest BCUT2D eigenvalue weighted by Gasteiger charge is -2.15. The normalized spacial score (nSPS) is 15.1. The number of rotatable bonds is 3. The highest BCUT2D eigenvalue weighted by atomic mass is 16.4. The molecule has 4 heteroatoms. The highest BCUT2D eigenvalue weighted by Gasteiger charge is 2.25. The quantitative estimate of drug-likeness (QED) is 0.823. The number of carbonyl (C=O) groups is 2. The number of hydrogen-bond acceptors (Lipinski definition) is 2. The van der Waals surface area contributed by atoms with Crippen LogP contribution in [0.2, 0.25) is 0 Å². The van der Waals surface area contributed by atoms with Crippen LogP contribution in [0.1, 0.15) is 5.56 Å². The first-order valence-electron chi connectivity index (χ1n) is 4.93. The summed E-state index contributed by atoms with van der Waals surface area (Å²) in [5.41, 5.74) is 1.15. The van der Waals surface area contributed by atoms with Crippen molar-refractivity contribution in [3.8, 4) is 0 Å². The van der Waals surface area contributed by atoms with Crippen LogP contribution in [0.5, 0.6) is 0 Å². The van der Waals surface area contributed by atoms with Gasteiger partial charge in [-0.1, -0.05) is 30.3 Å². The summed E-state index contributed by atoms with van der Waals surface area (Å²) in [6.07, 6.45) is 1.19. The Morgan fingerprint density at radius 2 is 2.00 bits per heavy atom. The SMILES string of the molecule is O=C(O)C1=CC(=O)N(Cc2ccccc2)C1. The first-order valence-corrected chi connectivity index (χ1v) is 4.93. The Hall–Kier alpha value is -2.10. The third-order valence-electron chi connectivity index (χ3n) is 2.46. The standard InChI is InChI=1S/C12H11NO3/c14-11-6-10(12(15)16)8-13(11)7-9-4-2-1-3-5-9/h1-6H,7-8H2,(H,15,16). The second-order valence-corrected chi connectivity index (χ2v) is 3.65. The van der Waals surface area contributed by atoms with Crippen molar-refractivity contribution in [2.24, 2.45) is 0 Å². The molecule has 0 spiro atoms. The zero-order valence-electron chi connectivity index (χ0n) is 8.59. The van der Waals surface area contributed by atoms with Gasteiger partial charge >= 0.3 is 5.97 Å². The molecule has 0 bridgehead atoms. The molecule has 1 aromatic carbocycles. The summed E-state index contributed by atoms with van der Waals surface area (Å²) >= 11 is 0. The smallest absolute Gasteiger partial charge is 0.333 e. The fraction of sp³-hybridized carbons (Fsp3) is 0.167. The minimum atomic E-state index is -1.02. The second-order valence-electron chi connectivity index (χ2n) is 3.65. The first kappa shape index (κ1) is 10.4. The number of aliphatic carboxylic acids is 1. The summed E-state index contributed by atoms with van der Waals surface area (Å²) in [5, 5.41) is 8.77. The van der Waals surface area contributed by atoms with Crippen LogP contribution in [0.15, 0.2) is 42.0 Å². The van der Waals surface area contributed by atoms with E-state index in [2.05, 4.69) is 0 Å². The van der Waals surface area contributed by atoms with E-state index in [1.54, 1.807) is 0 Å². The van der Waals surface area contributed by atoms with E-state index in [0.29, 0.717) is 6.54 Å². The van der Waals surface area contributed by atoms with Gasteiger partial charge in [-0.2, -0.15) is 0 Å². The van der Waals surface area contributed by atoms with Gasteiger partial charge in [0.05, 0.1) is 12.1 Å². The van der Waals surface area contributed by atoms with Gasteiger partial charge in [0.1, 0.15) is 0 Å². The van der Waals surface area contributed by atoms with Crippen molar-refractivity contribution < 1.29 is 14.7 Å². The molecule has 0 saturated carbocycles. The largest absolute Gasteiger partial charge is 0.478 e. The van der Waals surface area contributed by atoms with Crippen LogP contribution < -0.4 is 0 Å². The molecular formula is C12H11NO3. The van der Waals surface area contributed by atoms with Crippen LogP contribution in [0, 0.1) is 0 Å². The topological polar surface area (TPSA) is 57.6 Å². The second kappa shape index (κ2) is 4.18. The van der Waals surface area contributed by atoms with Gasteiger partial charge in [0, 0.05) is 12.6 Å². The summed E-state index contributed by atoms with van der Waals surface area (Å²) < 4.78 is 0. The highest BCUT2D eigenvalue weighted by molar-refractivity contribution is 6.01. The average Bonchev–Trinajstić information content (AvgIpc) is 2.62. The van der Waals surface area contributed by atoms with Crippen LogP contribution in [-0.2, 0) is 16.1 Å². The fourth-order valence-electron chi connectivity index (χ4n) is 1.64. The molecule has 0 saturated heterocycles. The third kappa shape index (κ3) is 2.11. The van der Waals surface area contributed by atoms with Gasteiger partial charge in [-0.15, -0.1) is 0 Å². The zero-order chi connectivity index (χ0) is 11.5. The third-order valence-corrected chi connectivity index (χ3v) is 2.46. The van der Waals surface area contributed by atoms with Crippen molar-refractivity contribution in [1.82, 2.24) is 4.90 Å². The molecule has 1 heterocycles. The van der Waals surface area contributed by atoms with Gasteiger partial charge in [-0.25, -0.2) is 4.79 Å². The van der Waals surface area contributed by atoms with Crippen LogP contribution in [0.25, 0.3) is 0 Å². The van der Waals surface area contributed by atoms with Gasteiger partial charge in [0.15, 0.2) is 0 Å². The first-order chi connectivity index (χ1) is 7.66. The van der Waals surface area contributed by atoms with Crippen molar-refractivity contribution in [1.29, 1.82) is 0 Å².